The monoisotopic (exact) mass is 266 g/mol. The van der Waals surface area contributed by atoms with E-state index in [1.807, 2.05) is 0 Å². The number of carboxylic acids is 1. The lowest BCUT2D eigenvalue weighted by molar-refractivity contribution is -0.122. The molecule has 1 rings (SSSR count). The maximum Gasteiger partial charge on any atom is 0.337 e. The second-order valence-corrected chi connectivity index (χ2v) is 3.70. The number of carboxylic acid groups (broad SMARTS) is 1. The molecule has 1 aromatic rings. The van der Waals surface area contributed by atoms with Crippen molar-refractivity contribution in [3.63, 3.8) is 0 Å². The van der Waals surface area contributed by atoms with Gasteiger partial charge in [-0.15, -0.1) is 0 Å². The molecule has 1 unspecified atom stereocenters. The molecule has 1 heterocycles. The molecule has 3 amide bonds. The predicted octanol–water partition coefficient (Wildman–Crippen LogP) is 0.0358. The van der Waals surface area contributed by atoms with E-state index < -0.39 is 18.0 Å². The summed E-state index contributed by atoms with van der Waals surface area (Å²) >= 11 is 0. The average Bonchev–Trinajstić information content (AvgIpc) is 2.37. The molecule has 0 aliphatic heterocycles. The maximum absolute atomic E-state index is 11.5. The highest BCUT2D eigenvalue weighted by atomic mass is 16.4. The van der Waals surface area contributed by atoms with Gasteiger partial charge in [0.25, 0.3) is 0 Å². The van der Waals surface area contributed by atoms with Crippen molar-refractivity contribution in [2.45, 2.75) is 13.0 Å². The molecule has 0 aromatic carbocycles. The van der Waals surface area contributed by atoms with Gasteiger partial charge in [0.2, 0.25) is 5.91 Å². The van der Waals surface area contributed by atoms with E-state index in [-0.39, 0.29) is 17.2 Å². The molecule has 0 fully saturated rings. The number of amides is 3. The van der Waals surface area contributed by atoms with Gasteiger partial charge in [-0.3, -0.25) is 9.78 Å². The third-order valence-corrected chi connectivity index (χ3v) is 2.23. The standard InChI is InChI=1S/C11H14N4O4/c1-6(9(16)12-2)14-11(19)15-8-3-7(10(17)18)4-13-5-8/h3-6H,1-2H3,(H,12,16)(H,17,18)(H2,14,15,19). The summed E-state index contributed by atoms with van der Waals surface area (Å²) in [5.74, 6) is -1.48. The van der Waals surface area contributed by atoms with E-state index in [2.05, 4.69) is 20.9 Å². The van der Waals surface area contributed by atoms with E-state index in [9.17, 15) is 14.4 Å². The number of nitrogens with one attached hydrogen (secondary N) is 3. The van der Waals surface area contributed by atoms with Gasteiger partial charge < -0.3 is 21.1 Å². The number of likely N-dealkylation sites (N-methyl/N-ethyl adjacent to an activating group) is 1. The van der Waals surface area contributed by atoms with Crippen LogP contribution in [-0.4, -0.2) is 41.1 Å². The highest BCUT2D eigenvalue weighted by Gasteiger charge is 2.14. The fourth-order valence-corrected chi connectivity index (χ4v) is 1.27. The van der Waals surface area contributed by atoms with Gasteiger partial charge in [-0.2, -0.15) is 0 Å². The van der Waals surface area contributed by atoms with Crippen molar-refractivity contribution in [3.05, 3.63) is 24.0 Å². The third kappa shape index (κ3) is 4.26. The van der Waals surface area contributed by atoms with Crippen LogP contribution < -0.4 is 16.0 Å². The van der Waals surface area contributed by atoms with Crippen molar-refractivity contribution >= 4 is 23.6 Å². The second-order valence-electron chi connectivity index (χ2n) is 3.70. The molecule has 8 heteroatoms. The molecule has 0 spiro atoms. The summed E-state index contributed by atoms with van der Waals surface area (Å²) in [6.07, 6.45) is 2.47. The number of aromatic carboxylic acids is 1. The van der Waals surface area contributed by atoms with Crippen LogP contribution in [0.25, 0.3) is 0 Å². The van der Waals surface area contributed by atoms with Gasteiger partial charge in [0.1, 0.15) is 6.04 Å². The number of hydrogen-bond donors (Lipinski definition) is 4. The first-order chi connectivity index (χ1) is 8.93. The lowest BCUT2D eigenvalue weighted by atomic mass is 10.2. The maximum atomic E-state index is 11.5. The fourth-order valence-electron chi connectivity index (χ4n) is 1.27. The van der Waals surface area contributed by atoms with Crippen molar-refractivity contribution in [1.82, 2.24) is 15.6 Å². The zero-order chi connectivity index (χ0) is 14.4. The molecule has 0 radical (unpaired) electrons. The molecule has 0 saturated carbocycles. The summed E-state index contributed by atoms with van der Waals surface area (Å²) < 4.78 is 0. The Morgan fingerprint density at radius 2 is 2.00 bits per heavy atom. The van der Waals surface area contributed by atoms with Crippen LogP contribution in [0.4, 0.5) is 10.5 Å². The van der Waals surface area contributed by atoms with Crippen LogP contribution in [0.1, 0.15) is 17.3 Å². The summed E-state index contributed by atoms with van der Waals surface area (Å²) in [5, 5.41) is 15.9. The minimum absolute atomic E-state index is 0.0443. The van der Waals surface area contributed by atoms with Crippen LogP contribution in [0.5, 0.6) is 0 Å². The molecule has 4 N–H and O–H groups in total. The molecule has 8 nitrogen and oxygen atoms in total. The molecule has 1 atom stereocenters. The largest absolute Gasteiger partial charge is 0.478 e. The van der Waals surface area contributed by atoms with E-state index in [0.717, 1.165) is 0 Å². The summed E-state index contributed by atoms with van der Waals surface area (Å²) in [6, 6.07) is -0.0690. The normalized spacial score (nSPS) is 11.3. The Morgan fingerprint density at radius 1 is 1.32 bits per heavy atom. The Hall–Kier alpha value is -2.64. The van der Waals surface area contributed by atoms with Gasteiger partial charge in [-0.05, 0) is 13.0 Å². The summed E-state index contributed by atoms with van der Waals surface area (Å²) in [4.78, 5) is 37.2. The first-order valence-corrected chi connectivity index (χ1v) is 5.41. The Bertz CT molecular complexity index is 503. The van der Waals surface area contributed by atoms with E-state index in [0.29, 0.717) is 0 Å². The summed E-state index contributed by atoms with van der Waals surface area (Å²) in [5.41, 5.74) is 0.179. The van der Waals surface area contributed by atoms with Crippen molar-refractivity contribution in [2.75, 3.05) is 12.4 Å². The number of carbonyl (C=O) groups is 3. The van der Waals surface area contributed by atoms with E-state index in [4.69, 9.17) is 5.11 Å². The minimum Gasteiger partial charge on any atom is -0.478 e. The Morgan fingerprint density at radius 3 is 2.58 bits per heavy atom. The number of pyridine rings is 1. The van der Waals surface area contributed by atoms with Crippen molar-refractivity contribution < 1.29 is 19.5 Å². The molecule has 0 bridgehead atoms. The van der Waals surface area contributed by atoms with Crippen molar-refractivity contribution in [3.8, 4) is 0 Å². The Labute approximate surface area is 109 Å². The van der Waals surface area contributed by atoms with E-state index in [1.165, 1.54) is 32.4 Å². The second kappa shape index (κ2) is 6.34. The first kappa shape index (κ1) is 14.4. The molecular weight excluding hydrogens is 252 g/mol. The van der Waals surface area contributed by atoms with Gasteiger partial charge in [0.05, 0.1) is 17.4 Å². The fraction of sp³-hybridized carbons (Fsp3) is 0.273. The number of carbonyl (C=O) groups excluding carboxylic acids is 2. The molecule has 0 aliphatic rings. The SMILES string of the molecule is CNC(=O)C(C)NC(=O)Nc1cncc(C(=O)O)c1. The predicted molar refractivity (Wildman–Crippen MR) is 66.9 cm³/mol. The van der Waals surface area contributed by atoms with Crippen LogP contribution in [0.3, 0.4) is 0 Å². The molecular formula is C11H14N4O4. The average molecular weight is 266 g/mol. The number of aromatic nitrogens is 1. The molecule has 19 heavy (non-hydrogen) atoms. The van der Waals surface area contributed by atoms with Gasteiger partial charge >= 0.3 is 12.0 Å². The van der Waals surface area contributed by atoms with Crippen molar-refractivity contribution in [2.24, 2.45) is 0 Å². The smallest absolute Gasteiger partial charge is 0.337 e. The van der Waals surface area contributed by atoms with E-state index in [1.54, 1.807) is 0 Å². The number of urea groups is 1. The van der Waals surface area contributed by atoms with Crippen LogP contribution >= 0.6 is 0 Å². The highest BCUT2D eigenvalue weighted by molar-refractivity contribution is 5.95. The van der Waals surface area contributed by atoms with E-state index >= 15 is 0 Å². The lowest BCUT2D eigenvalue weighted by Crippen LogP contribution is -2.45. The zero-order valence-corrected chi connectivity index (χ0v) is 10.4. The highest BCUT2D eigenvalue weighted by Crippen LogP contribution is 2.08. The first-order valence-electron chi connectivity index (χ1n) is 5.41. The van der Waals surface area contributed by atoms with Crippen molar-refractivity contribution in [1.29, 1.82) is 0 Å². The number of hydrogen-bond acceptors (Lipinski definition) is 4. The summed E-state index contributed by atoms with van der Waals surface area (Å²) in [6.45, 7) is 1.52. The summed E-state index contributed by atoms with van der Waals surface area (Å²) in [7, 11) is 1.46. The third-order valence-electron chi connectivity index (χ3n) is 2.23. The number of anilines is 1. The van der Waals surface area contributed by atoms with Crippen LogP contribution in [0.2, 0.25) is 0 Å². The number of rotatable bonds is 4. The zero-order valence-electron chi connectivity index (χ0n) is 10.4. The molecule has 102 valence electrons. The van der Waals surface area contributed by atoms with Gasteiger partial charge in [-0.25, -0.2) is 9.59 Å². The Balaban J connectivity index is 2.64. The number of nitrogens with zero attached hydrogens (tertiary/aromatic N) is 1. The van der Waals surface area contributed by atoms with Crippen LogP contribution in [0.15, 0.2) is 18.5 Å². The quantitative estimate of drug-likeness (QED) is 0.613. The van der Waals surface area contributed by atoms with Gasteiger partial charge in [-0.1, -0.05) is 0 Å². The van der Waals surface area contributed by atoms with Crippen LogP contribution in [0, 0.1) is 0 Å². The lowest BCUT2D eigenvalue weighted by Gasteiger charge is -2.13. The minimum atomic E-state index is -1.14. The van der Waals surface area contributed by atoms with Gasteiger partial charge in [0.15, 0.2) is 0 Å². The van der Waals surface area contributed by atoms with Crippen LogP contribution in [-0.2, 0) is 4.79 Å². The molecule has 0 aliphatic carbocycles. The molecule has 1 aromatic heterocycles. The molecule has 0 saturated heterocycles. The topological polar surface area (TPSA) is 120 Å². The Kier molecular flexibility index (Phi) is 4.81. The van der Waals surface area contributed by atoms with Gasteiger partial charge in [0, 0.05) is 13.2 Å².